The number of ether oxygens (including phenoxy) is 1. The van der Waals surface area contributed by atoms with Crippen LogP contribution in [0.4, 0.5) is 0 Å². The van der Waals surface area contributed by atoms with Crippen molar-refractivity contribution < 1.29 is 9.84 Å². The second kappa shape index (κ2) is 6.13. The van der Waals surface area contributed by atoms with E-state index in [0.717, 1.165) is 20.1 Å². The van der Waals surface area contributed by atoms with Crippen molar-refractivity contribution in [2.45, 2.75) is 12.2 Å². The Morgan fingerprint density at radius 2 is 1.81 bits per heavy atom. The fraction of sp³-hybridized carbons (Fsp3) is 0.125. The van der Waals surface area contributed by atoms with Crippen molar-refractivity contribution in [2.24, 2.45) is 0 Å². The molecule has 21 heavy (non-hydrogen) atoms. The predicted octanol–water partition coefficient (Wildman–Crippen LogP) is 5.37. The first-order chi connectivity index (χ1) is 10.1. The Hall–Kier alpha value is -0.810. The van der Waals surface area contributed by atoms with E-state index in [0.29, 0.717) is 10.8 Å². The maximum atomic E-state index is 10.5. The maximum absolute atomic E-state index is 10.5. The number of rotatable bonds is 2. The Labute approximate surface area is 144 Å². The molecule has 2 nitrogen and oxygen atoms in total. The van der Waals surface area contributed by atoms with Crippen molar-refractivity contribution in [3.63, 3.8) is 0 Å². The minimum Gasteiger partial charge on any atom is -0.482 e. The number of aliphatic hydroxyl groups excluding tert-OH is 1. The van der Waals surface area contributed by atoms with Crippen molar-refractivity contribution in [1.29, 1.82) is 0 Å². The molecule has 2 aromatic rings. The van der Waals surface area contributed by atoms with Gasteiger partial charge < -0.3 is 9.84 Å². The summed E-state index contributed by atoms with van der Waals surface area (Å²) >= 11 is 13.0. The van der Waals surface area contributed by atoms with Gasteiger partial charge in [0.1, 0.15) is 18.0 Å². The lowest BCUT2D eigenvalue weighted by Crippen LogP contribution is -2.26. The molecule has 108 valence electrons. The number of hydrogen-bond acceptors (Lipinski definition) is 2. The zero-order valence-corrected chi connectivity index (χ0v) is 14.7. The number of hydrogen-bond donors (Lipinski definition) is 1. The highest BCUT2D eigenvalue weighted by atomic mass is 79.9. The lowest BCUT2D eigenvalue weighted by Gasteiger charge is -2.27. The molecular weight excluding hydrogens is 419 g/mol. The van der Waals surface area contributed by atoms with Gasteiger partial charge in [-0.05, 0) is 73.3 Å². The number of para-hydroxylation sites is 1. The van der Waals surface area contributed by atoms with Crippen molar-refractivity contribution in [3.8, 4) is 5.75 Å². The van der Waals surface area contributed by atoms with Gasteiger partial charge in [-0.3, -0.25) is 0 Å². The Kier molecular flexibility index (Phi) is 4.41. The van der Waals surface area contributed by atoms with Crippen molar-refractivity contribution in [2.75, 3.05) is 0 Å². The highest BCUT2D eigenvalue weighted by molar-refractivity contribution is 9.13. The van der Waals surface area contributed by atoms with Gasteiger partial charge in [0, 0.05) is 8.95 Å². The second-order valence-electron chi connectivity index (χ2n) is 4.71. The molecule has 0 radical (unpaired) electrons. The normalized spacial score (nSPS) is 20.2. The molecule has 0 unspecified atom stereocenters. The van der Waals surface area contributed by atoms with Gasteiger partial charge in [-0.15, -0.1) is 0 Å². The average Bonchev–Trinajstić information content (AvgIpc) is 2.46. The first-order valence-electron chi connectivity index (χ1n) is 6.32. The van der Waals surface area contributed by atoms with E-state index in [1.54, 1.807) is 12.1 Å². The zero-order valence-electron chi connectivity index (χ0n) is 10.8. The molecule has 1 aliphatic carbocycles. The smallest absolute Gasteiger partial charge is 0.147 e. The van der Waals surface area contributed by atoms with Crippen LogP contribution >= 0.6 is 43.5 Å². The Morgan fingerprint density at radius 3 is 2.57 bits per heavy atom. The van der Waals surface area contributed by atoms with E-state index < -0.39 is 12.2 Å². The van der Waals surface area contributed by atoms with Crippen LogP contribution in [0.15, 0.2) is 51.4 Å². The van der Waals surface area contributed by atoms with Gasteiger partial charge in [-0.25, -0.2) is 0 Å². The van der Waals surface area contributed by atoms with Crippen LogP contribution in [0.1, 0.15) is 17.2 Å². The van der Waals surface area contributed by atoms with Gasteiger partial charge in [0.15, 0.2) is 0 Å². The lowest BCUT2D eigenvalue weighted by atomic mass is 9.93. The Balaban J connectivity index is 1.91. The average molecular weight is 431 g/mol. The SMILES string of the molecule is O[C@H]1c2cc(Br)c(Br)cc2C=C[C@@H]1Oc1ccccc1Cl. The van der Waals surface area contributed by atoms with Gasteiger partial charge >= 0.3 is 0 Å². The molecule has 2 atom stereocenters. The summed E-state index contributed by atoms with van der Waals surface area (Å²) in [4.78, 5) is 0. The quantitative estimate of drug-likeness (QED) is 0.694. The molecule has 3 rings (SSSR count). The minimum absolute atomic E-state index is 0.467. The summed E-state index contributed by atoms with van der Waals surface area (Å²) in [6.07, 6.45) is 2.58. The Morgan fingerprint density at radius 1 is 1.10 bits per heavy atom. The summed E-state index contributed by atoms with van der Waals surface area (Å²) in [6.45, 7) is 0. The van der Waals surface area contributed by atoms with Crippen LogP contribution < -0.4 is 4.74 Å². The molecule has 0 fully saturated rings. The number of benzene rings is 2. The molecule has 0 amide bonds. The molecule has 0 saturated heterocycles. The summed E-state index contributed by atoms with van der Waals surface area (Å²) in [5, 5.41) is 11.1. The van der Waals surface area contributed by atoms with Crippen LogP contribution in [0.3, 0.4) is 0 Å². The first-order valence-corrected chi connectivity index (χ1v) is 8.29. The number of halogens is 3. The number of fused-ring (bicyclic) bond motifs is 1. The van der Waals surface area contributed by atoms with Crippen LogP contribution in [-0.4, -0.2) is 11.2 Å². The molecule has 0 spiro atoms. The fourth-order valence-electron chi connectivity index (χ4n) is 2.25. The lowest BCUT2D eigenvalue weighted by molar-refractivity contribution is 0.0623. The largest absolute Gasteiger partial charge is 0.482 e. The van der Waals surface area contributed by atoms with E-state index >= 15 is 0 Å². The summed E-state index contributed by atoms with van der Waals surface area (Å²) in [7, 11) is 0. The van der Waals surface area contributed by atoms with E-state index in [4.69, 9.17) is 16.3 Å². The molecule has 1 N–H and O–H groups in total. The van der Waals surface area contributed by atoms with Crippen molar-refractivity contribution >= 4 is 49.5 Å². The van der Waals surface area contributed by atoms with Crippen molar-refractivity contribution in [3.05, 3.63) is 67.6 Å². The van der Waals surface area contributed by atoms with Gasteiger partial charge in [-0.2, -0.15) is 0 Å². The molecule has 1 aliphatic rings. The van der Waals surface area contributed by atoms with E-state index in [1.807, 2.05) is 36.4 Å². The highest BCUT2D eigenvalue weighted by Gasteiger charge is 2.27. The highest BCUT2D eigenvalue weighted by Crippen LogP contribution is 2.37. The minimum atomic E-state index is -0.745. The second-order valence-corrected chi connectivity index (χ2v) is 6.83. The van der Waals surface area contributed by atoms with Crippen molar-refractivity contribution in [1.82, 2.24) is 0 Å². The van der Waals surface area contributed by atoms with Gasteiger partial charge in [-0.1, -0.05) is 29.8 Å². The first kappa shape index (κ1) is 15.1. The maximum Gasteiger partial charge on any atom is 0.147 e. The predicted molar refractivity (Wildman–Crippen MR) is 91.7 cm³/mol. The molecule has 2 aromatic carbocycles. The summed E-state index contributed by atoms with van der Waals surface area (Å²) in [5.41, 5.74) is 1.79. The molecule has 0 heterocycles. The van der Waals surface area contributed by atoms with Gasteiger partial charge in [0.2, 0.25) is 0 Å². The summed E-state index contributed by atoms with van der Waals surface area (Å²) in [6, 6.07) is 11.1. The molecule has 0 bridgehead atoms. The topological polar surface area (TPSA) is 29.5 Å². The molecule has 0 saturated carbocycles. The molecule has 5 heteroatoms. The third kappa shape index (κ3) is 3.04. The summed E-state index contributed by atoms with van der Waals surface area (Å²) in [5.74, 6) is 0.562. The van der Waals surface area contributed by atoms with E-state index in [9.17, 15) is 5.11 Å². The molecule has 0 aliphatic heterocycles. The molecule has 0 aromatic heterocycles. The number of aliphatic hydroxyl groups is 1. The fourth-order valence-corrected chi connectivity index (χ4v) is 3.15. The van der Waals surface area contributed by atoms with Crippen LogP contribution in [0.2, 0.25) is 5.02 Å². The third-order valence-electron chi connectivity index (χ3n) is 3.32. The molecular formula is C16H11Br2ClO2. The zero-order chi connectivity index (χ0) is 15.0. The van der Waals surface area contributed by atoms with Crippen LogP contribution in [0.25, 0.3) is 6.08 Å². The van der Waals surface area contributed by atoms with Gasteiger partial charge in [0.05, 0.1) is 5.02 Å². The van der Waals surface area contributed by atoms with E-state index in [1.165, 1.54) is 0 Å². The van der Waals surface area contributed by atoms with E-state index in [2.05, 4.69) is 31.9 Å². The Bertz CT molecular complexity index is 715. The third-order valence-corrected chi connectivity index (χ3v) is 5.48. The van der Waals surface area contributed by atoms with Crippen LogP contribution in [0.5, 0.6) is 5.75 Å². The standard InChI is InChI=1S/C16H11Br2ClO2/c17-11-7-9-5-6-15(16(20)10(9)8-12(11)18)21-14-4-2-1-3-13(14)19/h1-8,15-16,20H/t15-,16-/m0/s1. The van der Waals surface area contributed by atoms with Crippen LogP contribution in [-0.2, 0) is 0 Å². The monoisotopic (exact) mass is 428 g/mol. The van der Waals surface area contributed by atoms with Crippen LogP contribution in [0, 0.1) is 0 Å². The van der Waals surface area contributed by atoms with Gasteiger partial charge in [0.25, 0.3) is 0 Å². The van der Waals surface area contributed by atoms with E-state index in [-0.39, 0.29) is 0 Å². The summed E-state index contributed by atoms with van der Waals surface area (Å²) < 4.78 is 7.67.